The van der Waals surface area contributed by atoms with Crippen molar-refractivity contribution in [2.24, 2.45) is 0 Å². The van der Waals surface area contributed by atoms with E-state index in [0.717, 1.165) is 24.8 Å². The van der Waals surface area contributed by atoms with E-state index in [0.29, 0.717) is 13.0 Å². The van der Waals surface area contributed by atoms with Gasteiger partial charge in [0.1, 0.15) is 0 Å². The Morgan fingerprint density at radius 2 is 1.83 bits per heavy atom. The summed E-state index contributed by atoms with van der Waals surface area (Å²) in [6.07, 6.45) is 2.88. The van der Waals surface area contributed by atoms with Crippen molar-refractivity contribution in [1.82, 2.24) is 4.90 Å². The van der Waals surface area contributed by atoms with E-state index in [4.69, 9.17) is 4.74 Å². The van der Waals surface area contributed by atoms with Crippen LogP contribution in [0, 0.1) is 0 Å². The summed E-state index contributed by atoms with van der Waals surface area (Å²) in [4.78, 5) is 25.6. The van der Waals surface area contributed by atoms with Crippen molar-refractivity contribution >= 4 is 12.0 Å². The van der Waals surface area contributed by atoms with Gasteiger partial charge in [-0.05, 0) is 12.8 Å². The molecule has 4 heteroatoms. The van der Waals surface area contributed by atoms with Crippen LogP contribution < -0.4 is 0 Å². The summed E-state index contributed by atoms with van der Waals surface area (Å²) in [6.45, 7) is 0.478. The average molecular weight is 245 g/mol. The maximum absolute atomic E-state index is 12.5. The van der Waals surface area contributed by atoms with Gasteiger partial charge in [0, 0.05) is 18.5 Å². The number of carbonyl (C=O) groups is 2. The molecule has 2 saturated heterocycles. The Bertz CT molecular complexity index is 485. The Morgan fingerprint density at radius 3 is 2.61 bits per heavy atom. The summed E-state index contributed by atoms with van der Waals surface area (Å²) < 4.78 is 5.47. The van der Waals surface area contributed by atoms with Crippen molar-refractivity contribution in [3.8, 4) is 0 Å². The van der Waals surface area contributed by atoms with Crippen LogP contribution in [0.3, 0.4) is 0 Å². The first-order valence-corrected chi connectivity index (χ1v) is 6.34. The van der Waals surface area contributed by atoms with Crippen molar-refractivity contribution in [2.45, 2.75) is 31.3 Å². The van der Waals surface area contributed by atoms with E-state index in [2.05, 4.69) is 0 Å². The number of rotatable bonds is 1. The summed E-state index contributed by atoms with van der Waals surface area (Å²) in [6, 6.07) is 9.34. The number of carbonyl (C=O) groups excluding carboxylic acids is 2. The van der Waals surface area contributed by atoms with Crippen LogP contribution in [0.1, 0.15) is 31.2 Å². The fraction of sp³-hybridized carbons (Fsp3) is 0.429. The number of nitrogens with zero attached hydrogens (tertiary/aromatic N) is 1. The number of ether oxygens (including phenoxy) is 1. The molecule has 0 spiro atoms. The molecule has 2 amide bonds. The van der Waals surface area contributed by atoms with Crippen LogP contribution in [0.25, 0.3) is 0 Å². The molecule has 0 N–H and O–H groups in total. The Balaban J connectivity index is 2.07. The van der Waals surface area contributed by atoms with Gasteiger partial charge in [-0.1, -0.05) is 36.8 Å². The van der Waals surface area contributed by atoms with Crippen LogP contribution in [-0.2, 0) is 15.1 Å². The number of fused-ring (bicyclic) bond motifs is 2. The molecular formula is C14H15NO3. The molecule has 18 heavy (non-hydrogen) atoms. The lowest BCUT2D eigenvalue weighted by atomic mass is 9.86. The first-order chi connectivity index (χ1) is 8.74. The van der Waals surface area contributed by atoms with Gasteiger partial charge >= 0.3 is 6.09 Å². The Kier molecular flexibility index (Phi) is 2.58. The third-order valence-electron chi connectivity index (χ3n) is 3.72. The highest BCUT2D eigenvalue weighted by molar-refractivity contribution is 6.03. The average Bonchev–Trinajstić information content (AvgIpc) is 2.67. The van der Waals surface area contributed by atoms with Gasteiger partial charge in [0.2, 0.25) is 5.60 Å². The molecule has 0 aliphatic carbocycles. The molecule has 2 heterocycles. The molecule has 4 nitrogen and oxygen atoms in total. The predicted octanol–water partition coefficient (Wildman–Crippen LogP) is 2.43. The zero-order valence-electron chi connectivity index (χ0n) is 10.1. The molecule has 1 aromatic rings. The van der Waals surface area contributed by atoms with E-state index < -0.39 is 11.7 Å². The van der Waals surface area contributed by atoms with E-state index in [1.807, 2.05) is 30.3 Å². The Hall–Kier alpha value is -1.84. The lowest BCUT2D eigenvalue weighted by molar-refractivity contribution is -0.139. The molecule has 0 unspecified atom stereocenters. The zero-order valence-corrected chi connectivity index (χ0v) is 10.1. The fourth-order valence-corrected chi connectivity index (χ4v) is 2.75. The smallest absolute Gasteiger partial charge is 0.418 e. The monoisotopic (exact) mass is 245 g/mol. The molecule has 2 aliphatic heterocycles. The third-order valence-corrected chi connectivity index (χ3v) is 3.72. The second-order valence-electron chi connectivity index (χ2n) is 4.83. The van der Waals surface area contributed by atoms with Crippen molar-refractivity contribution in [3.05, 3.63) is 35.9 Å². The second-order valence-corrected chi connectivity index (χ2v) is 4.83. The summed E-state index contributed by atoms with van der Waals surface area (Å²) in [7, 11) is 0. The standard InChI is InChI=1S/C14H15NO3/c16-12-14(11-7-3-1-4-8-11)9-5-2-6-10-15(12)13(17)18-14/h1,3-4,7-8H,2,5-6,9-10H2/t14-/m0/s1. The van der Waals surface area contributed by atoms with Crippen molar-refractivity contribution in [1.29, 1.82) is 0 Å². The first kappa shape index (κ1) is 11.3. The molecule has 0 saturated carbocycles. The number of hydrogen-bond donors (Lipinski definition) is 0. The minimum atomic E-state index is -1.07. The first-order valence-electron chi connectivity index (χ1n) is 6.34. The highest BCUT2D eigenvalue weighted by Crippen LogP contribution is 2.40. The summed E-state index contributed by atoms with van der Waals surface area (Å²) in [5.74, 6) is -0.196. The van der Waals surface area contributed by atoms with Gasteiger partial charge in [-0.15, -0.1) is 0 Å². The second kappa shape index (κ2) is 4.12. The Labute approximate surface area is 106 Å². The van der Waals surface area contributed by atoms with Gasteiger partial charge in [0.15, 0.2) is 0 Å². The van der Waals surface area contributed by atoms with E-state index >= 15 is 0 Å². The number of amides is 2. The van der Waals surface area contributed by atoms with Crippen molar-refractivity contribution in [3.63, 3.8) is 0 Å². The van der Waals surface area contributed by atoms with Crippen LogP contribution in [0.2, 0.25) is 0 Å². The molecule has 2 fully saturated rings. The van der Waals surface area contributed by atoms with Gasteiger partial charge in [-0.3, -0.25) is 4.79 Å². The number of hydrogen-bond acceptors (Lipinski definition) is 3. The third kappa shape index (κ3) is 1.52. The SMILES string of the molecule is O=C1O[C@]2(c3ccccc3)CCCCCN1C2=O. The molecule has 3 rings (SSSR count). The lowest BCUT2D eigenvalue weighted by Gasteiger charge is -2.27. The quantitative estimate of drug-likeness (QED) is 0.763. The van der Waals surface area contributed by atoms with E-state index in [1.165, 1.54) is 4.90 Å². The van der Waals surface area contributed by atoms with E-state index in [9.17, 15) is 9.59 Å². The van der Waals surface area contributed by atoms with Gasteiger partial charge in [-0.2, -0.15) is 0 Å². The van der Waals surface area contributed by atoms with Crippen LogP contribution in [-0.4, -0.2) is 23.4 Å². The molecule has 1 aromatic carbocycles. The molecule has 0 aromatic heterocycles. The molecule has 2 aliphatic rings. The van der Waals surface area contributed by atoms with Gasteiger partial charge < -0.3 is 4.74 Å². The highest BCUT2D eigenvalue weighted by atomic mass is 16.6. The summed E-state index contributed by atoms with van der Waals surface area (Å²) in [5, 5.41) is 0. The molecule has 94 valence electrons. The van der Waals surface area contributed by atoms with Crippen molar-refractivity contribution in [2.75, 3.05) is 6.54 Å². The zero-order chi connectivity index (χ0) is 12.6. The van der Waals surface area contributed by atoms with E-state index in [-0.39, 0.29) is 5.91 Å². The number of imide groups is 1. The largest absolute Gasteiger partial charge is 0.427 e. The van der Waals surface area contributed by atoms with Gasteiger partial charge in [-0.25, -0.2) is 9.69 Å². The Morgan fingerprint density at radius 1 is 1.06 bits per heavy atom. The van der Waals surface area contributed by atoms with Crippen LogP contribution in [0.5, 0.6) is 0 Å². The molecular weight excluding hydrogens is 230 g/mol. The van der Waals surface area contributed by atoms with E-state index in [1.54, 1.807) is 0 Å². The molecule has 2 bridgehead atoms. The summed E-state index contributed by atoms with van der Waals surface area (Å²) in [5.41, 5.74) is -0.286. The maximum Gasteiger partial charge on any atom is 0.418 e. The molecule has 0 radical (unpaired) electrons. The van der Waals surface area contributed by atoms with Crippen LogP contribution in [0.15, 0.2) is 30.3 Å². The molecule has 1 atom stereocenters. The minimum absolute atomic E-state index is 0.196. The maximum atomic E-state index is 12.5. The van der Waals surface area contributed by atoms with Crippen molar-refractivity contribution < 1.29 is 14.3 Å². The topological polar surface area (TPSA) is 46.6 Å². The predicted molar refractivity (Wildman–Crippen MR) is 64.8 cm³/mol. The van der Waals surface area contributed by atoms with Crippen LogP contribution >= 0.6 is 0 Å². The van der Waals surface area contributed by atoms with Gasteiger partial charge in [0.25, 0.3) is 5.91 Å². The van der Waals surface area contributed by atoms with Gasteiger partial charge in [0.05, 0.1) is 0 Å². The van der Waals surface area contributed by atoms with Crippen LogP contribution in [0.4, 0.5) is 4.79 Å². The minimum Gasteiger partial charge on any atom is -0.427 e. The fourth-order valence-electron chi connectivity index (χ4n) is 2.75. The normalized spacial score (nSPS) is 27.7. The highest BCUT2D eigenvalue weighted by Gasteiger charge is 2.54. The number of benzene rings is 1. The lowest BCUT2D eigenvalue weighted by Crippen LogP contribution is -2.40. The summed E-state index contributed by atoms with van der Waals surface area (Å²) >= 11 is 0.